The molecule has 142 valence electrons. The Morgan fingerprint density at radius 2 is 2.04 bits per heavy atom. The number of hydrogen-bond donors (Lipinski definition) is 2. The van der Waals surface area contributed by atoms with E-state index in [1.54, 1.807) is 0 Å². The van der Waals surface area contributed by atoms with Crippen molar-refractivity contribution in [1.29, 1.82) is 0 Å². The third-order valence-corrected chi connectivity index (χ3v) is 5.37. The zero-order valence-corrected chi connectivity index (χ0v) is 16.4. The maximum Gasteiger partial charge on any atom is 0.251 e. The summed E-state index contributed by atoms with van der Waals surface area (Å²) in [5, 5.41) is 3.38. The normalized spacial score (nSPS) is 13.6. The first-order chi connectivity index (χ1) is 13.0. The highest BCUT2D eigenvalue weighted by Crippen LogP contribution is 2.27. The van der Waals surface area contributed by atoms with Crippen molar-refractivity contribution in [3.63, 3.8) is 0 Å². The predicted molar refractivity (Wildman–Crippen MR) is 107 cm³/mol. The highest BCUT2D eigenvalue weighted by atomic mass is 32.2. The Morgan fingerprint density at radius 3 is 2.81 bits per heavy atom. The van der Waals surface area contributed by atoms with Gasteiger partial charge in [-0.1, -0.05) is 25.1 Å². The van der Waals surface area contributed by atoms with E-state index in [2.05, 4.69) is 15.3 Å². The zero-order chi connectivity index (χ0) is 19.4. The van der Waals surface area contributed by atoms with E-state index in [0.717, 1.165) is 48.2 Å². The Morgan fingerprint density at radius 1 is 1.22 bits per heavy atom. The van der Waals surface area contributed by atoms with Crippen LogP contribution in [0, 0.1) is 6.92 Å². The number of aromatic amines is 1. The molecular formula is C20H23N3O3S. The lowest BCUT2D eigenvalue weighted by Crippen LogP contribution is -2.13. The largest absolute Gasteiger partial charge is 0.326 e. The number of rotatable bonds is 6. The van der Waals surface area contributed by atoms with Crippen LogP contribution in [0.15, 0.2) is 28.2 Å². The van der Waals surface area contributed by atoms with Crippen LogP contribution in [0.1, 0.15) is 53.4 Å². The molecule has 2 heterocycles. The van der Waals surface area contributed by atoms with Crippen LogP contribution in [-0.4, -0.2) is 27.4 Å². The van der Waals surface area contributed by atoms with Crippen LogP contribution in [0.5, 0.6) is 0 Å². The number of H-pyrrole nitrogens is 1. The van der Waals surface area contributed by atoms with Crippen molar-refractivity contribution in [3.05, 3.63) is 50.9 Å². The molecule has 0 saturated heterocycles. The average molecular weight is 385 g/mol. The number of benzene rings is 1. The van der Waals surface area contributed by atoms with Gasteiger partial charge in [-0.05, 0) is 49.4 Å². The molecule has 0 saturated carbocycles. The van der Waals surface area contributed by atoms with Crippen LogP contribution in [0.2, 0.25) is 0 Å². The van der Waals surface area contributed by atoms with Crippen molar-refractivity contribution in [2.45, 2.75) is 51.1 Å². The third-order valence-electron chi connectivity index (χ3n) is 4.49. The second-order valence-corrected chi connectivity index (χ2v) is 7.69. The molecule has 0 unspecified atom stereocenters. The van der Waals surface area contributed by atoms with Gasteiger partial charge in [0.1, 0.15) is 0 Å². The SMILES string of the molecule is CCCc1cc(=O)[nH]c(SCC(=O)c2cc3c(cc2C)NC(=O)CCC3)n1. The number of thioether (sulfide) groups is 1. The number of nitrogens with zero attached hydrogens (tertiary/aromatic N) is 1. The van der Waals surface area contributed by atoms with E-state index >= 15 is 0 Å². The molecule has 2 aromatic rings. The topological polar surface area (TPSA) is 91.9 Å². The van der Waals surface area contributed by atoms with Crippen LogP contribution in [0.4, 0.5) is 5.69 Å². The van der Waals surface area contributed by atoms with Crippen molar-refractivity contribution < 1.29 is 9.59 Å². The van der Waals surface area contributed by atoms with E-state index in [1.807, 2.05) is 26.0 Å². The molecular weight excluding hydrogens is 362 g/mol. The summed E-state index contributed by atoms with van der Waals surface area (Å²) in [5.41, 5.74) is 3.84. The molecule has 6 nitrogen and oxygen atoms in total. The van der Waals surface area contributed by atoms with Crippen molar-refractivity contribution in [2.24, 2.45) is 0 Å². The summed E-state index contributed by atoms with van der Waals surface area (Å²) in [6, 6.07) is 5.27. The number of fused-ring (bicyclic) bond motifs is 1. The first-order valence-corrected chi connectivity index (χ1v) is 10.1. The third kappa shape index (κ3) is 4.86. The molecule has 0 atom stereocenters. The molecule has 0 fully saturated rings. The minimum atomic E-state index is -0.194. The molecule has 0 aliphatic carbocycles. The summed E-state index contributed by atoms with van der Waals surface area (Å²) >= 11 is 1.24. The number of nitrogens with one attached hydrogen (secondary N) is 2. The van der Waals surface area contributed by atoms with Gasteiger partial charge in [-0.15, -0.1) is 0 Å². The summed E-state index contributed by atoms with van der Waals surface area (Å²) in [4.78, 5) is 43.3. The Bertz CT molecular complexity index is 937. The number of aromatic nitrogens is 2. The molecule has 1 aromatic carbocycles. The lowest BCUT2D eigenvalue weighted by molar-refractivity contribution is -0.116. The molecule has 3 rings (SSSR count). The van der Waals surface area contributed by atoms with E-state index in [1.165, 1.54) is 17.8 Å². The van der Waals surface area contributed by atoms with E-state index in [-0.39, 0.29) is 23.0 Å². The maximum atomic E-state index is 12.7. The van der Waals surface area contributed by atoms with Gasteiger partial charge >= 0.3 is 0 Å². The average Bonchev–Trinajstić information content (AvgIpc) is 2.79. The van der Waals surface area contributed by atoms with E-state index in [0.29, 0.717) is 17.1 Å². The van der Waals surface area contributed by atoms with Crippen LogP contribution < -0.4 is 10.9 Å². The Balaban J connectivity index is 1.76. The van der Waals surface area contributed by atoms with Gasteiger partial charge in [0.25, 0.3) is 5.56 Å². The molecule has 1 amide bonds. The number of Topliss-reactive ketones (excluding diaryl/α,β-unsaturated/α-hetero) is 1. The molecule has 1 aromatic heterocycles. The summed E-state index contributed by atoms with van der Waals surface area (Å²) in [5.74, 6) is 0.203. The fourth-order valence-corrected chi connectivity index (χ4v) is 3.95. The maximum absolute atomic E-state index is 12.7. The number of anilines is 1. The number of amides is 1. The molecule has 27 heavy (non-hydrogen) atoms. The molecule has 1 aliphatic heterocycles. The number of ketones is 1. The smallest absolute Gasteiger partial charge is 0.251 e. The molecule has 2 N–H and O–H groups in total. The lowest BCUT2D eigenvalue weighted by atomic mass is 9.98. The second kappa shape index (κ2) is 8.52. The first kappa shape index (κ1) is 19.4. The molecule has 0 radical (unpaired) electrons. The van der Waals surface area contributed by atoms with Gasteiger partial charge < -0.3 is 10.3 Å². The fourth-order valence-electron chi connectivity index (χ4n) is 3.18. The van der Waals surface area contributed by atoms with Gasteiger partial charge in [0.2, 0.25) is 5.91 Å². The van der Waals surface area contributed by atoms with Crippen LogP contribution in [-0.2, 0) is 17.6 Å². The number of carbonyl (C=O) groups excluding carboxylic acids is 2. The Labute approximate surface area is 162 Å². The lowest BCUT2D eigenvalue weighted by Gasteiger charge is -2.12. The highest BCUT2D eigenvalue weighted by Gasteiger charge is 2.18. The standard InChI is InChI=1S/C20H23N3O3S/c1-3-5-14-10-19(26)23-20(21-14)27-11-17(24)15-9-13-6-4-7-18(25)22-16(13)8-12(15)2/h8-10H,3-7,11H2,1-2H3,(H,22,25)(H,21,23,26). The molecule has 7 heteroatoms. The van der Waals surface area contributed by atoms with Gasteiger partial charge in [-0.2, -0.15) is 0 Å². The first-order valence-electron chi connectivity index (χ1n) is 9.16. The summed E-state index contributed by atoms with van der Waals surface area (Å²) in [6.07, 6.45) is 3.70. The highest BCUT2D eigenvalue weighted by molar-refractivity contribution is 7.99. The van der Waals surface area contributed by atoms with Gasteiger partial charge in [-0.3, -0.25) is 14.4 Å². The predicted octanol–water partition coefficient (Wildman–Crippen LogP) is 3.28. The van der Waals surface area contributed by atoms with Gasteiger partial charge in [0, 0.05) is 29.4 Å². The van der Waals surface area contributed by atoms with Gasteiger partial charge in [-0.25, -0.2) is 4.98 Å². The second-order valence-electron chi connectivity index (χ2n) is 6.73. The van der Waals surface area contributed by atoms with Crippen LogP contribution in [0.3, 0.4) is 0 Å². The van der Waals surface area contributed by atoms with Crippen molar-refractivity contribution in [2.75, 3.05) is 11.1 Å². The quantitative estimate of drug-likeness (QED) is 0.452. The van der Waals surface area contributed by atoms with Gasteiger partial charge in [0.15, 0.2) is 10.9 Å². The Kier molecular flexibility index (Phi) is 6.11. The zero-order valence-electron chi connectivity index (χ0n) is 15.6. The van der Waals surface area contributed by atoms with E-state index in [9.17, 15) is 14.4 Å². The summed E-state index contributed by atoms with van der Waals surface area (Å²) in [6.45, 7) is 3.90. The Hall–Kier alpha value is -2.41. The fraction of sp³-hybridized carbons (Fsp3) is 0.400. The monoisotopic (exact) mass is 385 g/mol. The molecule has 1 aliphatic rings. The van der Waals surface area contributed by atoms with Crippen molar-refractivity contribution in [1.82, 2.24) is 9.97 Å². The van der Waals surface area contributed by atoms with Crippen LogP contribution in [0.25, 0.3) is 0 Å². The number of aryl methyl sites for hydroxylation is 3. The van der Waals surface area contributed by atoms with E-state index < -0.39 is 0 Å². The van der Waals surface area contributed by atoms with Crippen molar-refractivity contribution in [3.8, 4) is 0 Å². The molecule has 0 spiro atoms. The summed E-state index contributed by atoms with van der Waals surface area (Å²) in [7, 11) is 0. The minimum absolute atomic E-state index is 0.0144. The van der Waals surface area contributed by atoms with Crippen LogP contribution >= 0.6 is 11.8 Å². The van der Waals surface area contributed by atoms with Gasteiger partial charge in [0.05, 0.1) is 5.75 Å². The molecule has 0 bridgehead atoms. The summed E-state index contributed by atoms with van der Waals surface area (Å²) < 4.78 is 0. The van der Waals surface area contributed by atoms with Crippen molar-refractivity contribution >= 4 is 29.1 Å². The number of carbonyl (C=O) groups is 2. The minimum Gasteiger partial charge on any atom is -0.326 e. The van der Waals surface area contributed by atoms with E-state index in [4.69, 9.17) is 0 Å². The number of hydrogen-bond acceptors (Lipinski definition) is 5.